The van der Waals surface area contributed by atoms with Crippen molar-refractivity contribution >= 4 is 11.9 Å². The summed E-state index contributed by atoms with van der Waals surface area (Å²) in [5, 5.41) is 23.9. The summed E-state index contributed by atoms with van der Waals surface area (Å²) >= 11 is 0. The van der Waals surface area contributed by atoms with Gasteiger partial charge in [-0.3, -0.25) is 4.98 Å². The van der Waals surface area contributed by atoms with Crippen molar-refractivity contribution in [2.24, 2.45) is 10.9 Å². The van der Waals surface area contributed by atoms with Crippen LogP contribution in [0.25, 0.3) is 0 Å². The third-order valence-corrected chi connectivity index (χ3v) is 5.74. The van der Waals surface area contributed by atoms with E-state index in [-0.39, 0.29) is 36.0 Å². The van der Waals surface area contributed by atoms with Crippen molar-refractivity contribution in [3.8, 4) is 0 Å². The van der Waals surface area contributed by atoms with Gasteiger partial charge >= 0.3 is 6.09 Å². The van der Waals surface area contributed by atoms with E-state index in [1.807, 2.05) is 26.0 Å². The number of amides is 1. The predicted octanol–water partition coefficient (Wildman–Crippen LogP) is 3.49. The number of alkyl halides is 1. The number of ether oxygens (including phenoxy) is 1. The summed E-state index contributed by atoms with van der Waals surface area (Å²) < 4.78 is 21.7. The number of aliphatic hydroxyl groups is 1. The normalized spacial score (nSPS) is 17.9. The summed E-state index contributed by atoms with van der Waals surface area (Å²) in [6.07, 6.45) is 2.03. The Morgan fingerprint density at radius 3 is 2.33 bits per heavy atom. The lowest BCUT2D eigenvalue weighted by Gasteiger charge is -2.52. The summed E-state index contributed by atoms with van der Waals surface area (Å²) in [7, 11) is 0. The molecule has 0 radical (unpaired) electrons. The van der Waals surface area contributed by atoms with Crippen LogP contribution in [0.4, 0.5) is 9.18 Å². The van der Waals surface area contributed by atoms with Crippen molar-refractivity contribution in [1.82, 2.24) is 9.88 Å². The highest BCUT2D eigenvalue weighted by Gasteiger charge is 2.62. The molecule has 1 aromatic carbocycles. The average molecular weight is 459 g/mol. The molecule has 0 unspecified atom stereocenters. The highest BCUT2D eigenvalue weighted by Crippen LogP contribution is 2.47. The zero-order valence-corrected chi connectivity index (χ0v) is 19.5. The fraction of sp³-hybridized carbons (Fsp3) is 0.458. The number of nitrogens with zero attached hydrogens (tertiary/aromatic N) is 3. The maximum Gasteiger partial charge on any atom is 0.410 e. The topological polar surface area (TPSA) is 121 Å². The minimum Gasteiger partial charge on any atom is -0.444 e. The van der Waals surface area contributed by atoms with E-state index in [1.165, 1.54) is 23.4 Å². The molecule has 9 heteroatoms. The van der Waals surface area contributed by atoms with Crippen LogP contribution in [-0.2, 0) is 10.3 Å². The Labute approximate surface area is 192 Å². The van der Waals surface area contributed by atoms with Gasteiger partial charge in [0.15, 0.2) is 17.1 Å². The molecule has 0 saturated carbocycles. The van der Waals surface area contributed by atoms with Gasteiger partial charge in [-0.15, -0.1) is 0 Å². The number of carbonyl (C=O) groups is 1. The third kappa shape index (κ3) is 4.64. The summed E-state index contributed by atoms with van der Waals surface area (Å²) in [6, 6.07) is 8.43. The minimum absolute atomic E-state index is 0.121. The Hall–Kier alpha value is -3.20. The summed E-state index contributed by atoms with van der Waals surface area (Å²) in [6.45, 7) is 8.49. The van der Waals surface area contributed by atoms with Gasteiger partial charge in [0.25, 0.3) is 0 Å². The third-order valence-electron chi connectivity index (χ3n) is 5.74. The van der Waals surface area contributed by atoms with Gasteiger partial charge < -0.3 is 25.7 Å². The van der Waals surface area contributed by atoms with Crippen molar-refractivity contribution in [2.45, 2.75) is 57.4 Å². The molecule has 8 nitrogen and oxygen atoms in total. The first-order valence-electron chi connectivity index (χ1n) is 10.7. The van der Waals surface area contributed by atoms with Gasteiger partial charge in [0.05, 0.1) is 13.1 Å². The van der Waals surface area contributed by atoms with Crippen molar-refractivity contribution < 1.29 is 24.2 Å². The Balaban J connectivity index is 2.05. The van der Waals surface area contributed by atoms with E-state index in [0.717, 1.165) is 5.56 Å². The number of amidine groups is 1. The standard InChI is InChI=1S/C24H31FN4O4/c1-15(2)16-6-8-18(9-7-16)24(31,19-10-17(11-27-12-19)20(26)28-32)23(25)13-29(14-23)21(30)33-22(3,4)5/h6-12,15,31-32H,13-14H2,1-5H3,(H2,26,28)/t24-/m0/s1. The summed E-state index contributed by atoms with van der Waals surface area (Å²) in [4.78, 5) is 17.7. The monoisotopic (exact) mass is 458 g/mol. The maximum atomic E-state index is 16.4. The fourth-order valence-corrected chi connectivity index (χ4v) is 3.87. The van der Waals surface area contributed by atoms with Crippen LogP contribution in [0.5, 0.6) is 0 Å². The number of benzene rings is 1. The first-order valence-corrected chi connectivity index (χ1v) is 10.7. The molecule has 3 rings (SSSR count). The highest BCUT2D eigenvalue weighted by atomic mass is 19.1. The van der Waals surface area contributed by atoms with Crippen LogP contribution in [0, 0.1) is 0 Å². The molecule has 4 N–H and O–H groups in total. The maximum absolute atomic E-state index is 16.4. The number of hydrogen-bond donors (Lipinski definition) is 3. The number of halogens is 1. The van der Waals surface area contributed by atoms with E-state index >= 15 is 4.39 Å². The average Bonchev–Trinajstić information content (AvgIpc) is 2.74. The summed E-state index contributed by atoms with van der Waals surface area (Å²) in [5.41, 5.74) is 2.25. The predicted molar refractivity (Wildman–Crippen MR) is 122 cm³/mol. The molecule has 1 aromatic heterocycles. The van der Waals surface area contributed by atoms with Crippen LogP contribution in [0.3, 0.4) is 0 Å². The molecule has 2 heterocycles. The van der Waals surface area contributed by atoms with Gasteiger partial charge in [0, 0.05) is 23.5 Å². The number of pyridine rings is 1. The molecule has 2 aromatic rings. The molecule has 0 aliphatic carbocycles. The van der Waals surface area contributed by atoms with E-state index in [9.17, 15) is 9.90 Å². The molecule has 0 bridgehead atoms. The Kier molecular flexibility index (Phi) is 6.39. The smallest absolute Gasteiger partial charge is 0.410 e. The quantitative estimate of drug-likeness (QED) is 0.273. The zero-order valence-electron chi connectivity index (χ0n) is 19.5. The van der Waals surface area contributed by atoms with Crippen molar-refractivity contribution in [3.05, 3.63) is 65.0 Å². The van der Waals surface area contributed by atoms with Gasteiger partial charge in [-0.1, -0.05) is 43.3 Å². The molecule has 1 aliphatic heterocycles. The van der Waals surface area contributed by atoms with E-state index in [4.69, 9.17) is 15.7 Å². The minimum atomic E-state index is -2.23. The second-order valence-corrected chi connectivity index (χ2v) is 9.74. The van der Waals surface area contributed by atoms with Gasteiger partial charge in [0.1, 0.15) is 5.60 Å². The van der Waals surface area contributed by atoms with Crippen molar-refractivity contribution in [3.63, 3.8) is 0 Å². The van der Waals surface area contributed by atoms with Crippen LogP contribution in [0.2, 0.25) is 0 Å². The number of carbonyl (C=O) groups excluding carboxylic acids is 1. The number of oxime groups is 1. The number of likely N-dealkylation sites (tertiary alicyclic amines) is 1. The zero-order chi connectivity index (χ0) is 24.6. The van der Waals surface area contributed by atoms with Gasteiger partial charge in [-0.25, -0.2) is 9.18 Å². The highest BCUT2D eigenvalue weighted by molar-refractivity contribution is 5.96. The SMILES string of the molecule is CC(C)c1ccc([C@](O)(c2cncc(C(N)=NO)c2)C2(F)CN(C(=O)OC(C)(C)C)C2)cc1. The number of rotatable bonds is 5. The lowest BCUT2D eigenvalue weighted by Crippen LogP contribution is -2.70. The molecule has 1 fully saturated rings. The van der Waals surface area contributed by atoms with E-state index in [2.05, 4.69) is 10.1 Å². The first kappa shape index (κ1) is 24.4. The number of aromatic nitrogens is 1. The Bertz CT molecular complexity index is 1040. The van der Waals surface area contributed by atoms with Gasteiger partial charge in [-0.05, 0) is 43.9 Å². The molecular formula is C24H31FN4O4. The van der Waals surface area contributed by atoms with Crippen molar-refractivity contribution in [1.29, 1.82) is 0 Å². The van der Waals surface area contributed by atoms with E-state index < -0.39 is 23.0 Å². The molecule has 33 heavy (non-hydrogen) atoms. The molecule has 1 saturated heterocycles. The lowest BCUT2D eigenvalue weighted by atomic mass is 9.70. The van der Waals surface area contributed by atoms with Crippen LogP contribution < -0.4 is 5.73 Å². The molecule has 178 valence electrons. The molecule has 0 spiro atoms. The van der Waals surface area contributed by atoms with Crippen LogP contribution in [-0.4, -0.2) is 56.5 Å². The Morgan fingerprint density at radius 2 is 1.82 bits per heavy atom. The fourth-order valence-electron chi connectivity index (χ4n) is 3.87. The van der Waals surface area contributed by atoms with Crippen LogP contribution >= 0.6 is 0 Å². The van der Waals surface area contributed by atoms with E-state index in [1.54, 1.807) is 32.9 Å². The van der Waals surface area contributed by atoms with Crippen LogP contribution in [0.1, 0.15) is 62.8 Å². The van der Waals surface area contributed by atoms with E-state index in [0.29, 0.717) is 5.56 Å². The molecule has 1 amide bonds. The second kappa shape index (κ2) is 8.62. The van der Waals surface area contributed by atoms with Crippen molar-refractivity contribution in [2.75, 3.05) is 13.1 Å². The molecule has 1 atom stereocenters. The molecular weight excluding hydrogens is 427 g/mol. The summed E-state index contributed by atoms with van der Waals surface area (Å²) in [5.74, 6) is 0.0298. The lowest BCUT2D eigenvalue weighted by molar-refractivity contribution is -0.155. The Morgan fingerprint density at radius 1 is 1.21 bits per heavy atom. The van der Waals surface area contributed by atoms with Gasteiger partial charge in [0.2, 0.25) is 0 Å². The second-order valence-electron chi connectivity index (χ2n) is 9.74. The van der Waals surface area contributed by atoms with Gasteiger partial charge in [-0.2, -0.15) is 0 Å². The van der Waals surface area contributed by atoms with Crippen LogP contribution in [0.15, 0.2) is 47.9 Å². The first-order chi connectivity index (χ1) is 15.3. The molecule has 1 aliphatic rings. The largest absolute Gasteiger partial charge is 0.444 e. The number of nitrogens with two attached hydrogens (primary N) is 1. The number of hydrogen-bond acceptors (Lipinski definition) is 6.